The molecule has 0 bridgehead atoms. The van der Waals surface area contributed by atoms with Crippen LogP contribution in [0, 0.1) is 11.8 Å². The summed E-state index contributed by atoms with van der Waals surface area (Å²) >= 11 is 0. The third kappa shape index (κ3) is 5.18. The minimum atomic E-state index is -0.402. The number of rotatable bonds is 10. The molecule has 0 amide bonds. The molecule has 2 aliphatic rings. The minimum Gasteiger partial charge on any atom is -0.466 e. The fraction of sp³-hybridized carbons (Fsp3) is 0.947. The van der Waals surface area contributed by atoms with Gasteiger partial charge in [0.2, 0.25) is 0 Å². The fourth-order valence-electron chi connectivity index (χ4n) is 4.24. The number of esters is 1. The lowest BCUT2D eigenvalue weighted by atomic mass is 9.85. The molecular formula is C19H34O4. The minimum absolute atomic E-state index is 0.0690. The number of carbonyl (C=O) groups excluding carboxylic acids is 1. The van der Waals surface area contributed by atoms with Crippen LogP contribution in [0.2, 0.25) is 0 Å². The van der Waals surface area contributed by atoms with Gasteiger partial charge < -0.3 is 14.2 Å². The molecule has 4 heteroatoms. The van der Waals surface area contributed by atoms with Crippen LogP contribution in [0.25, 0.3) is 0 Å². The largest absolute Gasteiger partial charge is 0.466 e. The Morgan fingerprint density at radius 3 is 2.48 bits per heavy atom. The lowest BCUT2D eigenvalue weighted by molar-refractivity contribution is -0.188. The van der Waals surface area contributed by atoms with E-state index in [1.54, 1.807) is 0 Å². The normalized spacial score (nSPS) is 26.0. The zero-order valence-electron chi connectivity index (χ0n) is 15.0. The second-order valence-corrected chi connectivity index (χ2v) is 6.98. The average Bonchev–Trinajstić information content (AvgIpc) is 3.13. The molecule has 0 N–H and O–H groups in total. The molecule has 2 rings (SSSR count). The number of ether oxygens (including phenoxy) is 3. The van der Waals surface area contributed by atoms with Crippen molar-refractivity contribution in [3.05, 3.63) is 0 Å². The van der Waals surface area contributed by atoms with Crippen molar-refractivity contribution in [1.82, 2.24) is 0 Å². The van der Waals surface area contributed by atoms with Gasteiger partial charge in [0.1, 0.15) is 0 Å². The molecule has 4 nitrogen and oxygen atoms in total. The van der Waals surface area contributed by atoms with Crippen LogP contribution in [0.3, 0.4) is 0 Å². The van der Waals surface area contributed by atoms with Gasteiger partial charge in [-0.05, 0) is 25.7 Å². The van der Waals surface area contributed by atoms with Gasteiger partial charge in [-0.2, -0.15) is 0 Å². The second-order valence-electron chi connectivity index (χ2n) is 6.98. The predicted octanol–water partition coefficient (Wildman–Crippen LogP) is 4.46. The number of unbranched alkanes of at least 4 members (excludes halogenated alkanes) is 5. The molecule has 1 heterocycles. The molecule has 2 unspecified atom stereocenters. The van der Waals surface area contributed by atoms with Gasteiger partial charge in [-0.1, -0.05) is 45.4 Å². The van der Waals surface area contributed by atoms with E-state index in [0.29, 0.717) is 38.1 Å². The van der Waals surface area contributed by atoms with Crippen LogP contribution < -0.4 is 0 Å². The molecule has 0 radical (unpaired) electrons. The van der Waals surface area contributed by atoms with Crippen LogP contribution in [0.1, 0.15) is 78.1 Å². The molecule has 23 heavy (non-hydrogen) atoms. The van der Waals surface area contributed by atoms with E-state index >= 15 is 0 Å². The lowest BCUT2D eigenvalue weighted by Gasteiger charge is -2.32. The Hall–Kier alpha value is -0.610. The third-order valence-electron chi connectivity index (χ3n) is 5.38. The highest BCUT2D eigenvalue weighted by molar-refractivity contribution is 5.69. The third-order valence-corrected chi connectivity index (χ3v) is 5.38. The maximum Gasteiger partial charge on any atom is 0.306 e. The van der Waals surface area contributed by atoms with E-state index in [4.69, 9.17) is 14.2 Å². The lowest BCUT2D eigenvalue weighted by Crippen LogP contribution is -2.37. The van der Waals surface area contributed by atoms with Crippen molar-refractivity contribution in [2.24, 2.45) is 11.8 Å². The van der Waals surface area contributed by atoms with E-state index in [-0.39, 0.29) is 5.97 Å². The summed E-state index contributed by atoms with van der Waals surface area (Å²) in [6.45, 7) is 5.96. The van der Waals surface area contributed by atoms with Crippen molar-refractivity contribution in [3.8, 4) is 0 Å². The van der Waals surface area contributed by atoms with Crippen LogP contribution in [-0.4, -0.2) is 31.6 Å². The van der Waals surface area contributed by atoms with E-state index in [1.165, 1.54) is 38.5 Å². The maximum absolute atomic E-state index is 11.9. The van der Waals surface area contributed by atoms with E-state index < -0.39 is 5.79 Å². The van der Waals surface area contributed by atoms with Crippen LogP contribution >= 0.6 is 0 Å². The summed E-state index contributed by atoms with van der Waals surface area (Å²) in [4.78, 5) is 11.9. The Kier molecular flexibility index (Phi) is 7.84. The average molecular weight is 326 g/mol. The summed E-state index contributed by atoms with van der Waals surface area (Å²) in [5, 5.41) is 0. The second kappa shape index (κ2) is 9.63. The highest BCUT2D eigenvalue weighted by Gasteiger charge is 2.52. The van der Waals surface area contributed by atoms with E-state index in [1.807, 2.05) is 6.92 Å². The molecule has 0 aromatic rings. The Labute approximate surface area is 141 Å². The summed E-state index contributed by atoms with van der Waals surface area (Å²) in [5.74, 6) is 0.226. The number of hydrogen-bond acceptors (Lipinski definition) is 4. The van der Waals surface area contributed by atoms with Crippen molar-refractivity contribution in [3.63, 3.8) is 0 Å². The zero-order valence-corrected chi connectivity index (χ0v) is 15.0. The molecule has 2 fully saturated rings. The Balaban J connectivity index is 1.84. The van der Waals surface area contributed by atoms with Gasteiger partial charge in [-0.3, -0.25) is 4.79 Å². The highest BCUT2D eigenvalue weighted by atomic mass is 16.7. The van der Waals surface area contributed by atoms with Crippen LogP contribution in [0.5, 0.6) is 0 Å². The van der Waals surface area contributed by atoms with Crippen LogP contribution in [0.4, 0.5) is 0 Å². The van der Waals surface area contributed by atoms with Crippen LogP contribution in [-0.2, 0) is 19.0 Å². The van der Waals surface area contributed by atoms with Gasteiger partial charge in [0.05, 0.1) is 19.8 Å². The van der Waals surface area contributed by atoms with Crippen molar-refractivity contribution >= 4 is 5.97 Å². The summed E-state index contributed by atoms with van der Waals surface area (Å²) in [7, 11) is 0. The molecular weight excluding hydrogens is 292 g/mol. The molecule has 1 spiro atoms. The zero-order chi connectivity index (χ0) is 16.5. The SMILES string of the molecule is CCCCCCCCC1C(CC(=O)OCC)CCC12OCCO2. The molecule has 2 atom stereocenters. The van der Waals surface area contributed by atoms with E-state index in [0.717, 1.165) is 19.3 Å². The van der Waals surface area contributed by atoms with Gasteiger partial charge in [0, 0.05) is 18.8 Å². The summed E-state index contributed by atoms with van der Waals surface area (Å²) < 4.78 is 17.2. The maximum atomic E-state index is 11.9. The van der Waals surface area contributed by atoms with Crippen molar-refractivity contribution in [1.29, 1.82) is 0 Å². The first-order valence-electron chi connectivity index (χ1n) is 9.65. The van der Waals surface area contributed by atoms with Crippen molar-refractivity contribution in [2.45, 2.75) is 83.8 Å². The number of carbonyl (C=O) groups is 1. The smallest absolute Gasteiger partial charge is 0.306 e. The molecule has 1 saturated carbocycles. The van der Waals surface area contributed by atoms with E-state index in [2.05, 4.69) is 6.92 Å². The molecule has 0 aromatic heterocycles. The molecule has 0 aromatic carbocycles. The topological polar surface area (TPSA) is 44.8 Å². The number of hydrogen-bond donors (Lipinski definition) is 0. The van der Waals surface area contributed by atoms with Crippen LogP contribution in [0.15, 0.2) is 0 Å². The quantitative estimate of drug-likeness (QED) is 0.439. The molecule has 1 aliphatic carbocycles. The predicted molar refractivity (Wildman–Crippen MR) is 90.1 cm³/mol. The Morgan fingerprint density at radius 1 is 1.09 bits per heavy atom. The van der Waals surface area contributed by atoms with Crippen molar-refractivity contribution < 1.29 is 19.0 Å². The summed E-state index contributed by atoms with van der Waals surface area (Å²) in [6.07, 6.45) is 11.3. The first kappa shape index (κ1) is 18.7. The van der Waals surface area contributed by atoms with Crippen molar-refractivity contribution in [2.75, 3.05) is 19.8 Å². The summed E-state index contributed by atoms with van der Waals surface area (Å²) in [6, 6.07) is 0. The van der Waals surface area contributed by atoms with Gasteiger partial charge in [-0.15, -0.1) is 0 Å². The monoisotopic (exact) mass is 326 g/mol. The molecule has 1 saturated heterocycles. The van der Waals surface area contributed by atoms with E-state index in [9.17, 15) is 4.79 Å². The molecule has 1 aliphatic heterocycles. The first-order valence-corrected chi connectivity index (χ1v) is 9.65. The van der Waals surface area contributed by atoms with Gasteiger partial charge >= 0.3 is 5.97 Å². The standard InChI is InChI=1S/C19H34O4/c1-3-5-6-7-8-9-10-17-16(15-18(20)21-4-2)11-12-19(17)22-13-14-23-19/h16-17H,3-15H2,1-2H3. The molecule has 134 valence electrons. The Morgan fingerprint density at radius 2 is 1.78 bits per heavy atom. The Bertz CT molecular complexity index is 349. The fourth-order valence-corrected chi connectivity index (χ4v) is 4.24. The highest BCUT2D eigenvalue weighted by Crippen LogP contribution is 2.49. The van der Waals surface area contributed by atoms with Gasteiger partial charge in [0.15, 0.2) is 5.79 Å². The first-order chi connectivity index (χ1) is 11.2. The van der Waals surface area contributed by atoms with Gasteiger partial charge in [0.25, 0.3) is 0 Å². The summed E-state index contributed by atoms with van der Waals surface area (Å²) in [5.41, 5.74) is 0. The van der Waals surface area contributed by atoms with Gasteiger partial charge in [-0.25, -0.2) is 0 Å².